The third-order valence-electron chi connectivity index (χ3n) is 3.10. The summed E-state index contributed by atoms with van der Waals surface area (Å²) in [5, 5.41) is 3.51. The van der Waals surface area contributed by atoms with Crippen molar-refractivity contribution in [2.45, 2.75) is 52.6 Å². The summed E-state index contributed by atoms with van der Waals surface area (Å²) in [6.07, 6.45) is 1.94. The van der Waals surface area contributed by atoms with Crippen molar-refractivity contribution < 1.29 is 4.74 Å². The zero-order valence-electron chi connectivity index (χ0n) is 14.5. The van der Waals surface area contributed by atoms with Gasteiger partial charge in [0.1, 0.15) is 0 Å². The molecule has 0 saturated carbocycles. The van der Waals surface area contributed by atoms with Crippen LogP contribution in [0.4, 0.5) is 0 Å². The first-order valence-electron chi connectivity index (χ1n) is 7.82. The molecule has 4 nitrogen and oxygen atoms in total. The quantitative estimate of drug-likeness (QED) is 0.748. The van der Waals surface area contributed by atoms with E-state index in [9.17, 15) is 0 Å². The van der Waals surface area contributed by atoms with Gasteiger partial charge in [0.25, 0.3) is 0 Å². The van der Waals surface area contributed by atoms with Gasteiger partial charge in [-0.3, -0.25) is 0 Å². The van der Waals surface area contributed by atoms with E-state index in [1.807, 2.05) is 6.07 Å². The van der Waals surface area contributed by atoms with Gasteiger partial charge in [-0.05, 0) is 59.3 Å². The maximum atomic E-state index is 5.81. The zero-order valence-corrected chi connectivity index (χ0v) is 14.5. The van der Waals surface area contributed by atoms with Gasteiger partial charge in [-0.25, -0.2) is 4.98 Å². The molecule has 0 aromatic carbocycles. The highest BCUT2D eigenvalue weighted by atomic mass is 16.5. The lowest BCUT2D eigenvalue weighted by Gasteiger charge is -2.21. The van der Waals surface area contributed by atoms with Crippen LogP contribution in [0.3, 0.4) is 0 Å². The van der Waals surface area contributed by atoms with Gasteiger partial charge in [0.15, 0.2) is 0 Å². The van der Waals surface area contributed by atoms with Crippen molar-refractivity contribution in [1.29, 1.82) is 0 Å². The normalized spacial score (nSPS) is 12.0. The fourth-order valence-electron chi connectivity index (χ4n) is 1.90. The largest absolute Gasteiger partial charge is 0.478 e. The molecule has 0 bridgehead atoms. The number of nitrogens with one attached hydrogen (secondary N) is 1. The molecule has 1 aromatic rings. The van der Waals surface area contributed by atoms with Crippen molar-refractivity contribution in [2.75, 3.05) is 27.2 Å². The lowest BCUT2D eigenvalue weighted by Crippen LogP contribution is -2.35. The second-order valence-electron chi connectivity index (χ2n) is 6.77. The van der Waals surface area contributed by atoms with E-state index >= 15 is 0 Å². The first-order valence-corrected chi connectivity index (χ1v) is 7.82. The predicted octanol–water partition coefficient (Wildman–Crippen LogP) is 2.86. The Hall–Kier alpha value is -1.13. The highest BCUT2D eigenvalue weighted by Gasteiger charge is 2.10. The van der Waals surface area contributed by atoms with Crippen molar-refractivity contribution in [3.8, 4) is 5.88 Å². The summed E-state index contributed by atoms with van der Waals surface area (Å²) in [7, 11) is 4.15. The van der Waals surface area contributed by atoms with E-state index in [2.05, 4.69) is 63.1 Å². The first-order chi connectivity index (χ1) is 9.80. The Labute approximate surface area is 129 Å². The number of pyridine rings is 1. The van der Waals surface area contributed by atoms with Crippen LogP contribution in [-0.2, 0) is 13.0 Å². The Morgan fingerprint density at radius 2 is 1.95 bits per heavy atom. The van der Waals surface area contributed by atoms with E-state index in [1.165, 1.54) is 5.56 Å². The molecule has 120 valence electrons. The van der Waals surface area contributed by atoms with Gasteiger partial charge in [0.05, 0.1) is 6.61 Å². The van der Waals surface area contributed by atoms with Crippen molar-refractivity contribution in [3.63, 3.8) is 0 Å². The van der Waals surface area contributed by atoms with Crippen molar-refractivity contribution in [3.05, 3.63) is 23.4 Å². The number of ether oxygens (including phenoxy) is 1. The molecule has 0 aliphatic rings. The topological polar surface area (TPSA) is 37.4 Å². The fourth-order valence-corrected chi connectivity index (χ4v) is 1.90. The van der Waals surface area contributed by atoms with Gasteiger partial charge in [-0.1, -0.05) is 6.92 Å². The van der Waals surface area contributed by atoms with E-state index < -0.39 is 0 Å². The van der Waals surface area contributed by atoms with Crippen molar-refractivity contribution in [1.82, 2.24) is 15.2 Å². The van der Waals surface area contributed by atoms with E-state index in [-0.39, 0.29) is 5.54 Å². The Bertz CT molecular complexity index is 425. The molecule has 1 aromatic heterocycles. The van der Waals surface area contributed by atoms with Gasteiger partial charge >= 0.3 is 0 Å². The molecule has 0 amide bonds. The van der Waals surface area contributed by atoms with Crippen molar-refractivity contribution >= 4 is 0 Å². The highest BCUT2D eigenvalue weighted by Crippen LogP contribution is 2.15. The number of hydrogen-bond acceptors (Lipinski definition) is 4. The second-order valence-corrected chi connectivity index (χ2v) is 6.77. The van der Waals surface area contributed by atoms with E-state index in [1.54, 1.807) is 0 Å². The molecule has 0 spiro atoms. The summed E-state index contributed by atoms with van der Waals surface area (Å²) >= 11 is 0. The standard InChI is InChI=1S/C17H31N3O/c1-7-15-11-14(13-18-17(2,3)4)12-16(19-15)21-10-8-9-20(5)6/h11-12,18H,7-10,13H2,1-6H3. The molecule has 0 radical (unpaired) electrons. The third kappa shape index (κ3) is 8.02. The summed E-state index contributed by atoms with van der Waals surface area (Å²) in [4.78, 5) is 6.71. The highest BCUT2D eigenvalue weighted by molar-refractivity contribution is 5.25. The molecule has 0 aliphatic heterocycles. The van der Waals surface area contributed by atoms with E-state index in [0.29, 0.717) is 6.61 Å². The maximum Gasteiger partial charge on any atom is 0.213 e. The lowest BCUT2D eigenvalue weighted by atomic mass is 10.1. The van der Waals surface area contributed by atoms with Gasteiger partial charge in [0.2, 0.25) is 5.88 Å². The van der Waals surface area contributed by atoms with Crippen LogP contribution in [0.25, 0.3) is 0 Å². The van der Waals surface area contributed by atoms with Crippen LogP contribution in [0.15, 0.2) is 12.1 Å². The molecule has 0 unspecified atom stereocenters. The first kappa shape index (κ1) is 17.9. The minimum Gasteiger partial charge on any atom is -0.478 e. The third-order valence-corrected chi connectivity index (χ3v) is 3.10. The fraction of sp³-hybridized carbons (Fsp3) is 0.706. The van der Waals surface area contributed by atoms with Crippen LogP contribution in [-0.4, -0.2) is 42.7 Å². The molecule has 21 heavy (non-hydrogen) atoms. The Morgan fingerprint density at radius 1 is 1.24 bits per heavy atom. The number of aromatic nitrogens is 1. The molecule has 1 N–H and O–H groups in total. The average molecular weight is 293 g/mol. The Kier molecular flexibility index (Phi) is 7.12. The average Bonchev–Trinajstić information content (AvgIpc) is 2.40. The summed E-state index contributed by atoms with van der Waals surface area (Å²) in [5.74, 6) is 0.749. The molecule has 0 saturated heterocycles. The zero-order chi connectivity index (χ0) is 15.9. The van der Waals surface area contributed by atoms with Crippen LogP contribution in [0, 0.1) is 0 Å². The number of hydrogen-bond donors (Lipinski definition) is 1. The molecule has 0 atom stereocenters. The predicted molar refractivity (Wildman–Crippen MR) is 88.9 cm³/mol. The maximum absolute atomic E-state index is 5.81. The molecular weight excluding hydrogens is 262 g/mol. The van der Waals surface area contributed by atoms with Crippen LogP contribution in [0.2, 0.25) is 0 Å². The summed E-state index contributed by atoms with van der Waals surface area (Å²) in [6.45, 7) is 11.2. The Morgan fingerprint density at radius 3 is 2.52 bits per heavy atom. The number of rotatable bonds is 8. The van der Waals surface area contributed by atoms with Gasteiger partial charge < -0.3 is 15.0 Å². The van der Waals surface area contributed by atoms with Crippen molar-refractivity contribution in [2.24, 2.45) is 0 Å². The van der Waals surface area contributed by atoms with Gasteiger partial charge in [-0.15, -0.1) is 0 Å². The summed E-state index contributed by atoms with van der Waals surface area (Å²) in [6, 6.07) is 4.21. The number of aryl methyl sites for hydroxylation is 1. The van der Waals surface area contributed by atoms with Gasteiger partial charge in [-0.2, -0.15) is 0 Å². The molecule has 0 aliphatic carbocycles. The molecular formula is C17H31N3O. The molecule has 0 fully saturated rings. The summed E-state index contributed by atoms with van der Waals surface area (Å²) < 4.78 is 5.81. The molecule has 1 rings (SSSR count). The van der Waals surface area contributed by atoms with E-state index in [0.717, 1.165) is 37.5 Å². The van der Waals surface area contributed by atoms with E-state index in [4.69, 9.17) is 4.74 Å². The number of nitrogens with zero attached hydrogens (tertiary/aromatic N) is 2. The molecule has 4 heteroatoms. The monoisotopic (exact) mass is 293 g/mol. The second kappa shape index (κ2) is 8.35. The summed E-state index contributed by atoms with van der Waals surface area (Å²) in [5.41, 5.74) is 2.44. The smallest absolute Gasteiger partial charge is 0.213 e. The minimum absolute atomic E-state index is 0.113. The van der Waals surface area contributed by atoms with Crippen LogP contribution < -0.4 is 10.1 Å². The SMILES string of the molecule is CCc1cc(CNC(C)(C)C)cc(OCCCN(C)C)n1. The van der Waals surface area contributed by atoms with Crippen LogP contribution in [0.5, 0.6) is 5.88 Å². The lowest BCUT2D eigenvalue weighted by molar-refractivity contribution is 0.272. The minimum atomic E-state index is 0.113. The van der Waals surface area contributed by atoms with Crippen LogP contribution in [0.1, 0.15) is 45.4 Å². The molecule has 1 heterocycles. The van der Waals surface area contributed by atoms with Gasteiger partial charge in [0, 0.05) is 30.4 Å². The Balaban J connectivity index is 2.62. The van der Waals surface area contributed by atoms with Crippen LogP contribution >= 0.6 is 0 Å².